The molecule has 0 saturated heterocycles. The van der Waals surface area contributed by atoms with Crippen LogP contribution in [0.2, 0.25) is 0 Å². The molecule has 0 heterocycles. The van der Waals surface area contributed by atoms with E-state index in [4.69, 9.17) is 5.73 Å². The van der Waals surface area contributed by atoms with Gasteiger partial charge in [-0.1, -0.05) is 0 Å². The fourth-order valence-corrected chi connectivity index (χ4v) is 2.83. The highest BCUT2D eigenvalue weighted by atomic mass is 16.6. The van der Waals surface area contributed by atoms with Gasteiger partial charge in [0.1, 0.15) is 0 Å². The highest BCUT2D eigenvalue weighted by Crippen LogP contribution is 2.28. The van der Waals surface area contributed by atoms with Gasteiger partial charge in [0, 0.05) is 36.4 Å². The van der Waals surface area contributed by atoms with Crippen molar-refractivity contribution in [2.75, 3.05) is 11.4 Å². The second kappa shape index (κ2) is 6.02. The zero-order valence-corrected chi connectivity index (χ0v) is 11.3. The maximum Gasteiger partial charge on any atom is 0.269 e. The molecule has 1 aromatic rings. The summed E-state index contributed by atoms with van der Waals surface area (Å²) in [4.78, 5) is 12.6. The lowest BCUT2D eigenvalue weighted by Gasteiger charge is -2.37. The molecule has 0 radical (unpaired) electrons. The van der Waals surface area contributed by atoms with Crippen LogP contribution >= 0.6 is 0 Å². The van der Waals surface area contributed by atoms with Crippen molar-refractivity contribution in [1.29, 1.82) is 0 Å². The van der Waals surface area contributed by atoms with Crippen molar-refractivity contribution in [3.63, 3.8) is 0 Å². The van der Waals surface area contributed by atoms with E-state index in [1.165, 1.54) is 0 Å². The lowest BCUT2D eigenvalue weighted by molar-refractivity contribution is -0.384. The van der Waals surface area contributed by atoms with E-state index in [1.54, 1.807) is 12.1 Å². The second-order valence-corrected chi connectivity index (χ2v) is 5.13. The first-order chi connectivity index (χ1) is 9.11. The van der Waals surface area contributed by atoms with Gasteiger partial charge in [0.05, 0.1) is 4.92 Å². The number of nitro groups is 1. The Morgan fingerprint density at radius 2 is 1.84 bits per heavy atom. The first kappa shape index (κ1) is 13.8. The molecule has 0 amide bonds. The van der Waals surface area contributed by atoms with Gasteiger partial charge in [-0.3, -0.25) is 10.1 Å². The van der Waals surface area contributed by atoms with E-state index >= 15 is 0 Å². The van der Waals surface area contributed by atoms with Crippen molar-refractivity contribution in [1.82, 2.24) is 0 Å². The molecule has 1 aliphatic rings. The minimum atomic E-state index is -0.361. The van der Waals surface area contributed by atoms with Gasteiger partial charge in [-0.25, -0.2) is 0 Å². The van der Waals surface area contributed by atoms with Crippen LogP contribution in [-0.2, 0) is 0 Å². The molecule has 5 heteroatoms. The SMILES string of the molecule is CCN(c1ccc([N+](=O)[O-])cc1)C1CCC(N)CC1. The summed E-state index contributed by atoms with van der Waals surface area (Å²) in [7, 11) is 0. The normalized spacial score (nSPS) is 23.1. The molecular weight excluding hydrogens is 242 g/mol. The maximum atomic E-state index is 10.7. The lowest BCUT2D eigenvalue weighted by atomic mass is 9.90. The topological polar surface area (TPSA) is 72.4 Å². The molecule has 0 aliphatic heterocycles. The van der Waals surface area contributed by atoms with Gasteiger partial charge >= 0.3 is 0 Å². The third-order valence-electron chi connectivity index (χ3n) is 3.91. The van der Waals surface area contributed by atoms with Crippen LogP contribution in [0, 0.1) is 10.1 Å². The third kappa shape index (κ3) is 3.23. The number of benzene rings is 1. The van der Waals surface area contributed by atoms with Gasteiger partial charge < -0.3 is 10.6 Å². The number of hydrogen-bond acceptors (Lipinski definition) is 4. The van der Waals surface area contributed by atoms with Gasteiger partial charge in [0.25, 0.3) is 5.69 Å². The largest absolute Gasteiger partial charge is 0.369 e. The highest BCUT2D eigenvalue weighted by molar-refractivity contribution is 5.51. The van der Waals surface area contributed by atoms with Crippen LogP contribution in [0.5, 0.6) is 0 Å². The number of anilines is 1. The Kier molecular flexibility index (Phi) is 4.37. The molecule has 1 saturated carbocycles. The average molecular weight is 263 g/mol. The van der Waals surface area contributed by atoms with Gasteiger partial charge in [-0.15, -0.1) is 0 Å². The summed E-state index contributed by atoms with van der Waals surface area (Å²) in [5, 5.41) is 10.7. The first-order valence-corrected chi connectivity index (χ1v) is 6.88. The smallest absolute Gasteiger partial charge is 0.269 e. The number of nitro benzene ring substituents is 1. The van der Waals surface area contributed by atoms with Crippen molar-refractivity contribution in [2.45, 2.75) is 44.7 Å². The fraction of sp³-hybridized carbons (Fsp3) is 0.571. The summed E-state index contributed by atoms with van der Waals surface area (Å²) in [6.45, 7) is 3.04. The van der Waals surface area contributed by atoms with E-state index < -0.39 is 0 Å². The van der Waals surface area contributed by atoms with E-state index in [2.05, 4.69) is 11.8 Å². The minimum absolute atomic E-state index is 0.144. The van der Waals surface area contributed by atoms with E-state index in [-0.39, 0.29) is 10.6 Å². The number of rotatable bonds is 4. The summed E-state index contributed by atoms with van der Waals surface area (Å²) in [5.41, 5.74) is 7.14. The molecular formula is C14H21N3O2. The fourth-order valence-electron chi connectivity index (χ4n) is 2.83. The highest BCUT2D eigenvalue weighted by Gasteiger charge is 2.23. The van der Waals surface area contributed by atoms with Gasteiger partial charge in [0.15, 0.2) is 0 Å². The predicted molar refractivity (Wildman–Crippen MR) is 76.3 cm³/mol. The van der Waals surface area contributed by atoms with Crippen LogP contribution in [0.4, 0.5) is 11.4 Å². The summed E-state index contributed by atoms with van der Waals surface area (Å²) in [6, 6.07) is 7.68. The van der Waals surface area contributed by atoms with E-state index in [0.717, 1.165) is 37.9 Å². The van der Waals surface area contributed by atoms with Crippen LogP contribution < -0.4 is 10.6 Å². The first-order valence-electron chi connectivity index (χ1n) is 6.88. The molecule has 0 unspecified atom stereocenters. The minimum Gasteiger partial charge on any atom is -0.369 e. The predicted octanol–water partition coefficient (Wildman–Crippen LogP) is 2.69. The molecule has 1 fully saturated rings. The Bertz CT molecular complexity index is 425. The molecule has 0 atom stereocenters. The van der Waals surface area contributed by atoms with Crippen molar-refractivity contribution in [2.24, 2.45) is 5.73 Å². The zero-order chi connectivity index (χ0) is 13.8. The van der Waals surface area contributed by atoms with E-state index in [1.807, 2.05) is 12.1 Å². The number of nitrogens with zero attached hydrogens (tertiary/aromatic N) is 2. The quantitative estimate of drug-likeness (QED) is 0.669. The van der Waals surface area contributed by atoms with E-state index in [0.29, 0.717) is 12.1 Å². The van der Waals surface area contributed by atoms with Gasteiger partial charge in [-0.2, -0.15) is 0 Å². The monoisotopic (exact) mass is 263 g/mol. The van der Waals surface area contributed by atoms with Crippen molar-refractivity contribution >= 4 is 11.4 Å². The molecule has 0 spiro atoms. The molecule has 104 valence electrons. The molecule has 2 N–H and O–H groups in total. The van der Waals surface area contributed by atoms with Crippen molar-refractivity contribution in [3.8, 4) is 0 Å². The Morgan fingerprint density at radius 3 is 2.32 bits per heavy atom. The second-order valence-electron chi connectivity index (χ2n) is 5.13. The third-order valence-corrected chi connectivity index (χ3v) is 3.91. The number of hydrogen-bond donors (Lipinski definition) is 1. The lowest BCUT2D eigenvalue weighted by Crippen LogP contribution is -2.40. The van der Waals surface area contributed by atoms with Gasteiger partial charge in [0.2, 0.25) is 0 Å². The average Bonchev–Trinajstić information content (AvgIpc) is 2.42. The Labute approximate surface area is 113 Å². The van der Waals surface area contributed by atoms with Gasteiger partial charge in [-0.05, 0) is 44.7 Å². The summed E-state index contributed by atoms with van der Waals surface area (Å²) in [6.07, 6.45) is 4.33. The molecule has 1 aliphatic carbocycles. The number of nitrogens with two attached hydrogens (primary N) is 1. The number of non-ortho nitro benzene ring substituents is 1. The Morgan fingerprint density at radius 1 is 1.26 bits per heavy atom. The molecule has 5 nitrogen and oxygen atoms in total. The van der Waals surface area contributed by atoms with Crippen molar-refractivity contribution < 1.29 is 4.92 Å². The van der Waals surface area contributed by atoms with Crippen LogP contribution in [0.1, 0.15) is 32.6 Å². The van der Waals surface area contributed by atoms with Crippen LogP contribution in [0.25, 0.3) is 0 Å². The molecule has 19 heavy (non-hydrogen) atoms. The molecule has 0 aromatic heterocycles. The molecule has 2 rings (SSSR count). The summed E-state index contributed by atoms with van der Waals surface area (Å²) < 4.78 is 0. The summed E-state index contributed by atoms with van der Waals surface area (Å²) >= 11 is 0. The molecule has 0 bridgehead atoms. The Balaban J connectivity index is 2.10. The van der Waals surface area contributed by atoms with Crippen LogP contribution in [0.15, 0.2) is 24.3 Å². The Hall–Kier alpha value is -1.62. The summed E-state index contributed by atoms with van der Waals surface area (Å²) in [5.74, 6) is 0. The van der Waals surface area contributed by atoms with Crippen molar-refractivity contribution in [3.05, 3.63) is 34.4 Å². The van der Waals surface area contributed by atoms with Crippen LogP contribution in [0.3, 0.4) is 0 Å². The van der Waals surface area contributed by atoms with E-state index in [9.17, 15) is 10.1 Å². The molecule has 1 aromatic carbocycles. The maximum absolute atomic E-state index is 10.7. The zero-order valence-electron chi connectivity index (χ0n) is 11.3. The van der Waals surface area contributed by atoms with Crippen LogP contribution in [-0.4, -0.2) is 23.6 Å². The standard InChI is InChI=1S/C14H21N3O2/c1-2-16(12-5-3-11(15)4-6-12)13-7-9-14(10-8-13)17(18)19/h7-12H,2-6,15H2,1H3.